The van der Waals surface area contributed by atoms with E-state index in [-0.39, 0.29) is 10.9 Å². The number of aromatic nitrogens is 4. The molecule has 0 saturated carbocycles. The van der Waals surface area contributed by atoms with Crippen LogP contribution in [-0.4, -0.2) is 59.0 Å². The Hall–Kier alpha value is -2.62. The Balaban J connectivity index is 1.56. The van der Waals surface area contributed by atoms with Crippen molar-refractivity contribution in [1.29, 1.82) is 0 Å². The van der Waals surface area contributed by atoms with Gasteiger partial charge in [-0.15, -0.1) is 10.2 Å². The Labute approximate surface area is 189 Å². The summed E-state index contributed by atoms with van der Waals surface area (Å²) in [6.07, 6.45) is 2.13. The Morgan fingerprint density at radius 3 is 2.56 bits per heavy atom. The number of hydrogen-bond acceptors (Lipinski definition) is 6. The van der Waals surface area contributed by atoms with Crippen molar-refractivity contribution in [3.05, 3.63) is 53.3 Å². The first-order chi connectivity index (χ1) is 15.3. The van der Waals surface area contributed by atoms with Gasteiger partial charge in [-0.25, -0.2) is 17.8 Å². The predicted molar refractivity (Wildman–Crippen MR) is 124 cm³/mol. The van der Waals surface area contributed by atoms with Crippen molar-refractivity contribution in [2.75, 3.05) is 19.6 Å². The van der Waals surface area contributed by atoms with E-state index in [9.17, 15) is 8.42 Å². The smallest absolute Gasteiger partial charge is 0.240 e. The van der Waals surface area contributed by atoms with Crippen molar-refractivity contribution in [3.8, 4) is 17.1 Å². The van der Waals surface area contributed by atoms with Crippen LogP contribution in [0.15, 0.2) is 41.3 Å². The maximum absolute atomic E-state index is 13.1. The van der Waals surface area contributed by atoms with E-state index in [1.54, 1.807) is 10.7 Å². The summed E-state index contributed by atoms with van der Waals surface area (Å²) >= 11 is 0. The fraction of sp³-hybridized carbons (Fsp3) is 0.435. The van der Waals surface area contributed by atoms with Gasteiger partial charge in [0.1, 0.15) is 0 Å². The molecule has 3 heterocycles. The van der Waals surface area contributed by atoms with Crippen LogP contribution in [-0.2, 0) is 10.0 Å². The quantitative estimate of drug-likeness (QED) is 0.590. The maximum atomic E-state index is 13.1. The number of nitrogens with one attached hydrogen (secondary N) is 1. The molecule has 0 aliphatic carbocycles. The molecule has 1 N–H and O–H groups in total. The van der Waals surface area contributed by atoms with Crippen LogP contribution >= 0.6 is 0 Å². The maximum Gasteiger partial charge on any atom is 0.240 e. The molecule has 1 atom stereocenters. The zero-order chi connectivity index (χ0) is 22.9. The van der Waals surface area contributed by atoms with Gasteiger partial charge in [0, 0.05) is 23.8 Å². The van der Waals surface area contributed by atoms with Crippen LogP contribution in [0.3, 0.4) is 0 Å². The number of aryl methyl sites for hydroxylation is 3. The van der Waals surface area contributed by atoms with Gasteiger partial charge in [-0.3, -0.25) is 4.90 Å². The van der Waals surface area contributed by atoms with Gasteiger partial charge < -0.3 is 0 Å². The molecule has 32 heavy (non-hydrogen) atoms. The first-order valence-corrected chi connectivity index (χ1v) is 12.5. The molecule has 0 bridgehead atoms. The SMILES string of the molecule is CCN1CCC[C@@H]1CNS(=O)(=O)c1cc(-c2ccc(-n3nc(C)cc3C)nn2)ccc1C. The average molecular weight is 455 g/mol. The molecule has 2 aromatic heterocycles. The highest BCUT2D eigenvalue weighted by Crippen LogP contribution is 2.25. The van der Waals surface area contributed by atoms with E-state index in [4.69, 9.17) is 0 Å². The van der Waals surface area contributed by atoms with Gasteiger partial charge in [-0.1, -0.05) is 19.1 Å². The summed E-state index contributed by atoms with van der Waals surface area (Å²) < 4.78 is 30.7. The molecule has 8 nitrogen and oxygen atoms in total. The molecule has 1 saturated heterocycles. The highest BCUT2D eigenvalue weighted by Gasteiger charge is 2.26. The molecule has 0 spiro atoms. The summed E-state index contributed by atoms with van der Waals surface area (Å²) in [6.45, 7) is 10.2. The number of likely N-dealkylation sites (N-methyl/N-ethyl adjacent to an activating group) is 1. The second-order valence-electron chi connectivity index (χ2n) is 8.37. The van der Waals surface area contributed by atoms with Crippen LogP contribution in [0.25, 0.3) is 17.1 Å². The predicted octanol–water partition coefficient (Wildman–Crippen LogP) is 3.02. The fourth-order valence-electron chi connectivity index (χ4n) is 4.33. The molecule has 3 aromatic rings. The van der Waals surface area contributed by atoms with Crippen LogP contribution < -0.4 is 4.72 Å². The third kappa shape index (κ3) is 4.60. The lowest BCUT2D eigenvalue weighted by Gasteiger charge is -2.23. The molecule has 0 unspecified atom stereocenters. The lowest BCUT2D eigenvalue weighted by molar-refractivity contribution is 0.268. The molecule has 0 amide bonds. The normalized spacial score (nSPS) is 17.2. The molecule has 9 heteroatoms. The molecular weight excluding hydrogens is 424 g/mol. The van der Waals surface area contributed by atoms with E-state index in [2.05, 4.69) is 31.8 Å². The lowest BCUT2D eigenvalue weighted by Crippen LogP contribution is -2.40. The van der Waals surface area contributed by atoms with Crippen molar-refractivity contribution in [2.45, 2.75) is 51.5 Å². The van der Waals surface area contributed by atoms with E-state index in [1.807, 2.05) is 51.1 Å². The molecule has 4 rings (SSSR count). The topological polar surface area (TPSA) is 93.0 Å². The summed E-state index contributed by atoms with van der Waals surface area (Å²) in [6, 6.07) is 11.3. The van der Waals surface area contributed by atoms with Crippen molar-refractivity contribution in [2.24, 2.45) is 0 Å². The van der Waals surface area contributed by atoms with Crippen molar-refractivity contribution < 1.29 is 8.42 Å². The van der Waals surface area contributed by atoms with Crippen LogP contribution in [0.4, 0.5) is 0 Å². The van der Waals surface area contributed by atoms with Gasteiger partial charge in [-0.2, -0.15) is 5.10 Å². The van der Waals surface area contributed by atoms with Crippen LogP contribution in [0.2, 0.25) is 0 Å². The van der Waals surface area contributed by atoms with Gasteiger partial charge in [0.25, 0.3) is 0 Å². The summed E-state index contributed by atoms with van der Waals surface area (Å²) in [5, 5.41) is 13.1. The zero-order valence-electron chi connectivity index (χ0n) is 19.0. The summed E-state index contributed by atoms with van der Waals surface area (Å²) in [7, 11) is -3.63. The Bertz CT molecular complexity index is 1200. The highest BCUT2D eigenvalue weighted by molar-refractivity contribution is 7.89. The summed E-state index contributed by atoms with van der Waals surface area (Å²) in [4.78, 5) is 2.60. The number of rotatable bonds is 7. The first-order valence-electron chi connectivity index (χ1n) is 11.0. The van der Waals surface area contributed by atoms with Gasteiger partial charge in [0.05, 0.1) is 16.3 Å². The van der Waals surface area contributed by atoms with E-state index < -0.39 is 10.0 Å². The van der Waals surface area contributed by atoms with Crippen LogP contribution in [0.1, 0.15) is 36.7 Å². The molecule has 1 aromatic carbocycles. The van der Waals surface area contributed by atoms with Crippen molar-refractivity contribution in [3.63, 3.8) is 0 Å². The molecule has 170 valence electrons. The number of sulfonamides is 1. The second-order valence-corrected chi connectivity index (χ2v) is 10.1. The zero-order valence-corrected chi connectivity index (χ0v) is 19.9. The third-order valence-corrected chi connectivity index (χ3v) is 7.63. The Morgan fingerprint density at radius 2 is 1.91 bits per heavy atom. The standard InChI is InChI=1S/C23H30N6O2S/c1-5-28-12-6-7-20(28)15-24-32(30,31)22-14-19(9-8-16(22)2)21-10-11-23(26-25-21)29-18(4)13-17(3)27-29/h8-11,13-14,20,24H,5-7,12,15H2,1-4H3/t20-/m1/s1. The third-order valence-electron chi connectivity index (χ3n) is 6.06. The fourth-order valence-corrected chi connectivity index (χ4v) is 5.67. The van der Waals surface area contributed by atoms with Gasteiger partial charge >= 0.3 is 0 Å². The van der Waals surface area contributed by atoms with Crippen molar-refractivity contribution in [1.82, 2.24) is 29.6 Å². The van der Waals surface area contributed by atoms with Gasteiger partial charge in [0.2, 0.25) is 10.0 Å². The largest absolute Gasteiger partial charge is 0.299 e. The summed E-state index contributed by atoms with van der Waals surface area (Å²) in [5.74, 6) is 0.623. The van der Waals surface area contributed by atoms with E-state index in [0.29, 0.717) is 29.2 Å². The number of likely N-dealkylation sites (tertiary alicyclic amines) is 1. The monoisotopic (exact) mass is 454 g/mol. The lowest BCUT2D eigenvalue weighted by atomic mass is 10.1. The highest BCUT2D eigenvalue weighted by atomic mass is 32.2. The average Bonchev–Trinajstić information content (AvgIpc) is 3.37. The molecule has 1 aliphatic rings. The molecular formula is C23H30N6O2S. The number of hydrogen-bond donors (Lipinski definition) is 1. The Morgan fingerprint density at radius 1 is 1.09 bits per heavy atom. The molecule has 1 aliphatic heterocycles. The number of nitrogens with zero attached hydrogens (tertiary/aromatic N) is 5. The van der Waals surface area contributed by atoms with E-state index >= 15 is 0 Å². The molecule has 1 fully saturated rings. The first kappa shape index (κ1) is 22.6. The van der Waals surface area contributed by atoms with E-state index in [0.717, 1.165) is 37.3 Å². The minimum Gasteiger partial charge on any atom is -0.299 e. The second kappa shape index (κ2) is 9.09. The van der Waals surface area contributed by atoms with Crippen LogP contribution in [0.5, 0.6) is 0 Å². The van der Waals surface area contributed by atoms with Crippen LogP contribution in [0, 0.1) is 20.8 Å². The van der Waals surface area contributed by atoms with E-state index in [1.165, 1.54) is 0 Å². The minimum absolute atomic E-state index is 0.256. The Kier molecular flexibility index (Phi) is 6.41. The number of benzene rings is 1. The summed E-state index contributed by atoms with van der Waals surface area (Å²) in [5.41, 5.74) is 3.91. The van der Waals surface area contributed by atoms with Gasteiger partial charge in [-0.05, 0) is 76.5 Å². The van der Waals surface area contributed by atoms with Gasteiger partial charge in [0.15, 0.2) is 5.82 Å². The van der Waals surface area contributed by atoms with Crippen molar-refractivity contribution >= 4 is 10.0 Å². The molecule has 0 radical (unpaired) electrons. The minimum atomic E-state index is -3.63.